The molecule has 5 atom stereocenters. The van der Waals surface area contributed by atoms with Crippen molar-refractivity contribution in [3.05, 3.63) is 0 Å². The summed E-state index contributed by atoms with van der Waals surface area (Å²) in [6.45, 7) is 2.79. The van der Waals surface area contributed by atoms with Crippen LogP contribution in [0.3, 0.4) is 0 Å². The molecule has 3 aliphatic rings. The van der Waals surface area contributed by atoms with E-state index >= 15 is 0 Å². The largest absolute Gasteiger partial charge is 0.378 e. The van der Waals surface area contributed by atoms with Crippen LogP contribution in [0.1, 0.15) is 19.3 Å². The van der Waals surface area contributed by atoms with E-state index in [1.165, 1.54) is 23.1 Å². The zero-order chi connectivity index (χ0) is 9.54. The van der Waals surface area contributed by atoms with Crippen LogP contribution in [-0.4, -0.2) is 36.2 Å². The molecule has 2 saturated carbocycles. The van der Waals surface area contributed by atoms with Crippen LogP contribution in [0.4, 0.5) is 0 Å². The van der Waals surface area contributed by atoms with Gasteiger partial charge in [-0.15, -0.1) is 0 Å². The predicted molar refractivity (Wildman–Crippen MR) is 58.6 cm³/mol. The minimum absolute atomic E-state index is 0.445. The highest BCUT2D eigenvalue weighted by Crippen LogP contribution is 2.53. The first-order valence-electron chi connectivity index (χ1n) is 6.02. The fourth-order valence-corrected chi connectivity index (χ4v) is 5.06. The minimum Gasteiger partial charge on any atom is -0.378 e. The van der Waals surface area contributed by atoms with Crippen molar-refractivity contribution in [2.24, 2.45) is 17.8 Å². The molecule has 3 heteroatoms. The van der Waals surface area contributed by atoms with Gasteiger partial charge in [-0.1, -0.05) is 12.0 Å². The molecule has 0 aromatic heterocycles. The van der Waals surface area contributed by atoms with Crippen molar-refractivity contribution >= 4 is 10.2 Å². The third-order valence-electron chi connectivity index (χ3n) is 4.32. The number of fused-ring (bicyclic) bond motifs is 2. The number of ether oxygens (including phenoxy) is 2. The maximum absolute atomic E-state index is 5.73. The lowest BCUT2D eigenvalue weighted by molar-refractivity contribution is 0.0681. The van der Waals surface area contributed by atoms with Gasteiger partial charge < -0.3 is 9.47 Å². The Bertz CT molecular complexity index is 217. The van der Waals surface area contributed by atoms with Crippen molar-refractivity contribution in [1.29, 1.82) is 0 Å². The van der Waals surface area contributed by atoms with Gasteiger partial charge in [-0.3, -0.25) is 0 Å². The van der Waals surface area contributed by atoms with E-state index in [0.717, 1.165) is 43.1 Å². The maximum Gasteiger partial charge on any atom is 0.104 e. The number of hydrogen-bond acceptors (Lipinski definition) is 2. The monoisotopic (exact) mass is 212 g/mol. The quantitative estimate of drug-likeness (QED) is 0.503. The first kappa shape index (κ1) is 9.37. The smallest absolute Gasteiger partial charge is 0.104 e. The zero-order valence-electron chi connectivity index (χ0n) is 8.95. The Balaban J connectivity index is 1.44. The normalized spacial score (nSPS) is 50.1. The van der Waals surface area contributed by atoms with Crippen molar-refractivity contribution in [1.82, 2.24) is 0 Å². The summed E-state index contributed by atoms with van der Waals surface area (Å²) in [5.74, 6) is 3.00. The van der Waals surface area contributed by atoms with Crippen molar-refractivity contribution in [3.8, 4) is 0 Å². The van der Waals surface area contributed by atoms with Crippen LogP contribution >= 0.6 is 0 Å². The predicted octanol–water partition coefficient (Wildman–Crippen LogP) is 0.602. The molecule has 0 spiro atoms. The van der Waals surface area contributed by atoms with E-state index in [1.807, 2.05) is 0 Å². The van der Waals surface area contributed by atoms with Gasteiger partial charge in [0.25, 0.3) is 0 Å². The second-order valence-corrected chi connectivity index (χ2v) is 6.95. The lowest BCUT2D eigenvalue weighted by Gasteiger charge is -2.26. The molecule has 2 bridgehead atoms. The van der Waals surface area contributed by atoms with Gasteiger partial charge in [-0.2, -0.15) is 0 Å². The summed E-state index contributed by atoms with van der Waals surface area (Å²) in [5, 5.41) is 0. The molecule has 1 heterocycles. The Labute approximate surface area is 88.8 Å². The lowest BCUT2D eigenvalue weighted by atomic mass is 9.89. The molecule has 5 unspecified atom stereocenters. The Morgan fingerprint density at radius 1 is 1.21 bits per heavy atom. The summed E-state index contributed by atoms with van der Waals surface area (Å²) in [5.41, 5.74) is 1.10. The molecule has 14 heavy (non-hydrogen) atoms. The van der Waals surface area contributed by atoms with Crippen LogP contribution in [0, 0.1) is 17.8 Å². The van der Waals surface area contributed by atoms with Crippen molar-refractivity contribution in [2.45, 2.75) is 30.9 Å². The zero-order valence-corrected chi connectivity index (χ0v) is 10.9. The van der Waals surface area contributed by atoms with Crippen LogP contribution in [0.2, 0.25) is 5.54 Å². The SMILES string of the molecule is [SiH3]C1CC2CC(COCC3CO3)C1C2. The second kappa shape index (κ2) is 3.61. The van der Waals surface area contributed by atoms with Gasteiger partial charge in [-0.25, -0.2) is 0 Å². The topological polar surface area (TPSA) is 21.8 Å². The highest BCUT2D eigenvalue weighted by atomic mass is 28.1. The van der Waals surface area contributed by atoms with Gasteiger partial charge in [0.1, 0.15) is 6.10 Å². The van der Waals surface area contributed by atoms with Crippen molar-refractivity contribution < 1.29 is 9.47 Å². The molecule has 0 radical (unpaired) electrons. The van der Waals surface area contributed by atoms with E-state index < -0.39 is 0 Å². The van der Waals surface area contributed by atoms with E-state index in [-0.39, 0.29) is 0 Å². The van der Waals surface area contributed by atoms with Gasteiger partial charge in [0.2, 0.25) is 0 Å². The maximum atomic E-state index is 5.73. The second-order valence-electron chi connectivity index (χ2n) is 5.47. The highest BCUT2D eigenvalue weighted by Gasteiger charge is 2.43. The molecule has 2 nitrogen and oxygen atoms in total. The molecule has 0 amide bonds. The van der Waals surface area contributed by atoms with Crippen LogP contribution in [0.15, 0.2) is 0 Å². The van der Waals surface area contributed by atoms with Gasteiger partial charge in [0.05, 0.1) is 13.2 Å². The Kier molecular flexibility index (Phi) is 2.42. The third kappa shape index (κ3) is 1.77. The number of epoxide rings is 1. The molecule has 3 fully saturated rings. The van der Waals surface area contributed by atoms with Gasteiger partial charge in [0.15, 0.2) is 0 Å². The van der Waals surface area contributed by atoms with Crippen molar-refractivity contribution in [3.63, 3.8) is 0 Å². The molecular formula is C11H20O2Si. The number of rotatable bonds is 4. The summed E-state index contributed by atoms with van der Waals surface area (Å²) in [4.78, 5) is 0. The average molecular weight is 212 g/mol. The Morgan fingerprint density at radius 3 is 2.71 bits per heavy atom. The highest BCUT2D eigenvalue weighted by molar-refractivity contribution is 6.12. The lowest BCUT2D eigenvalue weighted by Crippen LogP contribution is -2.22. The van der Waals surface area contributed by atoms with Crippen LogP contribution in [0.25, 0.3) is 0 Å². The third-order valence-corrected chi connectivity index (χ3v) is 5.65. The van der Waals surface area contributed by atoms with E-state index in [4.69, 9.17) is 9.47 Å². The van der Waals surface area contributed by atoms with Crippen LogP contribution < -0.4 is 0 Å². The van der Waals surface area contributed by atoms with E-state index in [9.17, 15) is 0 Å². The number of hydrogen-bond donors (Lipinski definition) is 0. The summed E-state index contributed by atoms with van der Waals surface area (Å²) in [6.07, 6.45) is 4.95. The molecule has 1 aliphatic heterocycles. The molecule has 3 rings (SSSR count). The molecule has 0 aromatic rings. The minimum atomic E-state index is 0.445. The van der Waals surface area contributed by atoms with Gasteiger partial charge in [0, 0.05) is 16.8 Å². The molecule has 2 aliphatic carbocycles. The van der Waals surface area contributed by atoms with Gasteiger partial charge in [-0.05, 0) is 30.6 Å². The standard InChI is InChI=1S/C11H20O2Si/c14-11-3-7-1-8(10(11)2-7)4-12-5-9-6-13-9/h7-11H,1-6H2,14H3. The average Bonchev–Trinajstić information content (AvgIpc) is 2.79. The Hall–Kier alpha value is 0.137. The summed E-state index contributed by atoms with van der Waals surface area (Å²) in [6, 6.07) is 0. The Morgan fingerprint density at radius 2 is 2.07 bits per heavy atom. The molecule has 0 N–H and O–H groups in total. The fraction of sp³-hybridized carbons (Fsp3) is 1.00. The summed E-state index contributed by atoms with van der Waals surface area (Å²) >= 11 is 0. The first-order valence-corrected chi connectivity index (χ1v) is 7.17. The summed E-state index contributed by atoms with van der Waals surface area (Å²) < 4.78 is 10.9. The van der Waals surface area contributed by atoms with Crippen LogP contribution in [-0.2, 0) is 9.47 Å². The molecule has 0 aromatic carbocycles. The van der Waals surface area contributed by atoms with Crippen molar-refractivity contribution in [2.75, 3.05) is 19.8 Å². The summed E-state index contributed by atoms with van der Waals surface area (Å²) in [7, 11) is 1.40. The van der Waals surface area contributed by atoms with E-state index in [2.05, 4.69) is 0 Å². The van der Waals surface area contributed by atoms with E-state index in [0.29, 0.717) is 6.10 Å². The molecule has 80 valence electrons. The molecule has 1 saturated heterocycles. The van der Waals surface area contributed by atoms with E-state index in [1.54, 1.807) is 6.42 Å². The fourth-order valence-electron chi connectivity index (χ4n) is 3.57. The van der Waals surface area contributed by atoms with Crippen LogP contribution in [0.5, 0.6) is 0 Å². The van der Waals surface area contributed by atoms with Gasteiger partial charge >= 0.3 is 0 Å². The first-order chi connectivity index (χ1) is 6.83. The molecular weight excluding hydrogens is 192 g/mol.